The van der Waals surface area contributed by atoms with Crippen LogP contribution in [-0.2, 0) is 0 Å². The molecule has 1 aliphatic heterocycles. The van der Waals surface area contributed by atoms with Gasteiger partial charge in [0.25, 0.3) is 0 Å². The van der Waals surface area contributed by atoms with Crippen molar-refractivity contribution in [3.63, 3.8) is 0 Å². The Labute approximate surface area is 122 Å². The highest BCUT2D eigenvalue weighted by atomic mass is 35.5. The van der Waals surface area contributed by atoms with Crippen LogP contribution in [0.4, 0.5) is 9.18 Å². The first-order valence-corrected chi connectivity index (χ1v) is 6.60. The second kappa shape index (κ2) is 4.99. The molecule has 2 N–H and O–H groups in total. The molecule has 0 unspecified atom stereocenters. The van der Waals surface area contributed by atoms with Crippen LogP contribution in [0, 0.1) is 0 Å². The second-order valence-corrected chi connectivity index (χ2v) is 5.12. The van der Waals surface area contributed by atoms with Gasteiger partial charge in [-0.3, -0.25) is 4.57 Å². The Balaban J connectivity index is 2.01. The van der Waals surface area contributed by atoms with Crippen molar-refractivity contribution in [3.05, 3.63) is 22.0 Å². The number of alkyl halides is 1. The molecule has 0 radical (unpaired) electrons. The molecule has 0 bridgehead atoms. The molecular formula is C11H11ClFN5O3. The molecule has 0 saturated carbocycles. The largest absolute Gasteiger partial charge is 0.465 e. The number of carboxylic acid groups (broad SMARTS) is 1. The summed E-state index contributed by atoms with van der Waals surface area (Å²) in [6, 6.07) is -0.784. The molecule has 2 aromatic heterocycles. The van der Waals surface area contributed by atoms with Gasteiger partial charge in [-0.2, -0.15) is 4.98 Å². The van der Waals surface area contributed by atoms with E-state index < -0.39 is 24.0 Å². The molecule has 3 rings (SSSR count). The monoisotopic (exact) mass is 315 g/mol. The number of H-pyrrole nitrogens is 1. The number of carbonyl (C=O) groups is 1. The van der Waals surface area contributed by atoms with E-state index >= 15 is 0 Å². The van der Waals surface area contributed by atoms with Gasteiger partial charge in [-0.05, 0) is 18.0 Å². The molecule has 1 amide bonds. The highest BCUT2D eigenvalue weighted by molar-refractivity contribution is 6.28. The first-order valence-electron chi connectivity index (χ1n) is 6.22. The van der Waals surface area contributed by atoms with Crippen molar-refractivity contribution in [2.45, 2.75) is 18.6 Å². The summed E-state index contributed by atoms with van der Waals surface area (Å²) < 4.78 is 15.5. The number of nitrogens with one attached hydrogen (secondary N) is 1. The molecule has 8 nitrogen and oxygen atoms in total. The van der Waals surface area contributed by atoms with Gasteiger partial charge in [-0.25, -0.2) is 19.0 Å². The molecule has 1 saturated heterocycles. The molecule has 112 valence electrons. The zero-order chi connectivity index (χ0) is 15.1. The van der Waals surface area contributed by atoms with Crippen molar-refractivity contribution in [3.8, 4) is 0 Å². The van der Waals surface area contributed by atoms with Crippen LogP contribution in [0.3, 0.4) is 0 Å². The summed E-state index contributed by atoms with van der Waals surface area (Å²) in [6.07, 6.45) is -1.14. The fraction of sp³-hybridized carbons (Fsp3) is 0.455. The Kier molecular flexibility index (Phi) is 3.28. The van der Waals surface area contributed by atoms with E-state index in [2.05, 4.69) is 15.0 Å². The first kappa shape index (κ1) is 13.8. The van der Waals surface area contributed by atoms with Crippen LogP contribution >= 0.6 is 11.6 Å². The summed E-state index contributed by atoms with van der Waals surface area (Å²) in [5, 5.41) is 8.83. The number of likely N-dealkylation sites (tertiary alicyclic amines) is 1. The normalized spacial score (nSPS) is 22.7. The third-order valence-corrected chi connectivity index (χ3v) is 3.72. The standard InChI is InChI=1S/C11H11ClFN5O3/c12-9-14-3-6-8(16-9)18(10(19)15-6)7-1-2-17(11(20)21)4-5(7)13/h3,5,7H,1-2,4H2,(H,15,19)(H,20,21)/t5-,7+/m0/s1. The predicted octanol–water partition coefficient (Wildman–Crippen LogP) is 1.04. The van der Waals surface area contributed by atoms with Crippen LogP contribution in [0.5, 0.6) is 0 Å². The van der Waals surface area contributed by atoms with Crippen molar-refractivity contribution in [2.24, 2.45) is 0 Å². The highest BCUT2D eigenvalue weighted by Gasteiger charge is 2.34. The van der Waals surface area contributed by atoms with E-state index in [0.717, 1.165) is 4.90 Å². The quantitative estimate of drug-likeness (QED) is 0.765. The van der Waals surface area contributed by atoms with Crippen LogP contribution in [0.1, 0.15) is 12.5 Å². The van der Waals surface area contributed by atoms with Crippen molar-refractivity contribution < 1.29 is 14.3 Å². The number of aromatic amines is 1. The third-order valence-electron chi connectivity index (χ3n) is 3.54. The van der Waals surface area contributed by atoms with Crippen molar-refractivity contribution in [1.82, 2.24) is 24.4 Å². The maximum atomic E-state index is 14.3. The Morgan fingerprint density at radius 1 is 1.57 bits per heavy atom. The van der Waals surface area contributed by atoms with E-state index in [-0.39, 0.29) is 30.4 Å². The van der Waals surface area contributed by atoms with Crippen LogP contribution in [-0.4, -0.2) is 54.9 Å². The Hall–Kier alpha value is -2.16. The molecule has 0 spiro atoms. The number of hydrogen-bond acceptors (Lipinski definition) is 4. The number of aromatic nitrogens is 4. The molecular weight excluding hydrogens is 305 g/mol. The number of amides is 1. The van der Waals surface area contributed by atoms with Gasteiger partial charge in [0.1, 0.15) is 11.7 Å². The van der Waals surface area contributed by atoms with Gasteiger partial charge < -0.3 is 15.0 Å². The van der Waals surface area contributed by atoms with E-state index in [1.165, 1.54) is 10.8 Å². The van der Waals surface area contributed by atoms with Gasteiger partial charge in [-0.1, -0.05) is 0 Å². The third kappa shape index (κ3) is 2.33. The van der Waals surface area contributed by atoms with Crippen LogP contribution < -0.4 is 5.69 Å². The van der Waals surface area contributed by atoms with Gasteiger partial charge in [-0.15, -0.1) is 0 Å². The van der Waals surface area contributed by atoms with E-state index in [9.17, 15) is 14.0 Å². The van der Waals surface area contributed by atoms with E-state index in [0.29, 0.717) is 5.52 Å². The van der Waals surface area contributed by atoms with Gasteiger partial charge in [0.15, 0.2) is 5.65 Å². The molecule has 3 heterocycles. The lowest BCUT2D eigenvalue weighted by Gasteiger charge is -2.33. The lowest BCUT2D eigenvalue weighted by molar-refractivity contribution is 0.0795. The van der Waals surface area contributed by atoms with Crippen LogP contribution in [0.2, 0.25) is 5.28 Å². The zero-order valence-corrected chi connectivity index (χ0v) is 11.4. The average Bonchev–Trinajstić information content (AvgIpc) is 2.74. The lowest BCUT2D eigenvalue weighted by Crippen LogP contribution is -2.46. The van der Waals surface area contributed by atoms with E-state index in [1.807, 2.05) is 0 Å². The van der Waals surface area contributed by atoms with Crippen molar-refractivity contribution in [1.29, 1.82) is 0 Å². The Morgan fingerprint density at radius 3 is 3.00 bits per heavy atom. The number of fused-ring (bicyclic) bond motifs is 1. The molecule has 1 aliphatic rings. The molecule has 1 fully saturated rings. The first-order chi connectivity index (χ1) is 9.97. The molecule has 2 aromatic rings. The number of halogens is 2. The summed E-state index contributed by atoms with van der Waals surface area (Å²) in [5.41, 5.74) is 0.0617. The highest BCUT2D eigenvalue weighted by Crippen LogP contribution is 2.27. The average molecular weight is 316 g/mol. The fourth-order valence-corrected chi connectivity index (χ4v) is 2.69. The maximum Gasteiger partial charge on any atom is 0.407 e. The minimum Gasteiger partial charge on any atom is -0.465 e. The molecule has 0 aliphatic carbocycles. The fourth-order valence-electron chi connectivity index (χ4n) is 2.56. The second-order valence-electron chi connectivity index (χ2n) is 4.78. The van der Waals surface area contributed by atoms with Gasteiger partial charge in [0, 0.05) is 6.54 Å². The van der Waals surface area contributed by atoms with E-state index in [4.69, 9.17) is 16.7 Å². The van der Waals surface area contributed by atoms with Gasteiger partial charge in [0.05, 0.1) is 18.8 Å². The van der Waals surface area contributed by atoms with Crippen LogP contribution in [0.15, 0.2) is 11.0 Å². The van der Waals surface area contributed by atoms with Gasteiger partial charge in [0.2, 0.25) is 5.28 Å². The summed E-state index contributed by atoms with van der Waals surface area (Å²) >= 11 is 5.71. The lowest BCUT2D eigenvalue weighted by atomic mass is 10.0. The van der Waals surface area contributed by atoms with Crippen molar-refractivity contribution >= 4 is 28.9 Å². The Bertz CT molecular complexity index is 760. The van der Waals surface area contributed by atoms with Gasteiger partial charge >= 0.3 is 11.8 Å². The smallest absolute Gasteiger partial charge is 0.407 e. The van der Waals surface area contributed by atoms with E-state index in [1.54, 1.807) is 0 Å². The number of piperidine rings is 1. The molecule has 21 heavy (non-hydrogen) atoms. The minimum absolute atomic E-state index is 0.0476. The summed E-state index contributed by atoms with van der Waals surface area (Å²) in [5.74, 6) is 0. The molecule has 2 atom stereocenters. The topological polar surface area (TPSA) is 104 Å². The zero-order valence-electron chi connectivity index (χ0n) is 10.7. The molecule has 0 aromatic carbocycles. The Morgan fingerprint density at radius 2 is 2.33 bits per heavy atom. The summed E-state index contributed by atoms with van der Waals surface area (Å²) in [7, 11) is 0. The number of imidazole rings is 1. The summed E-state index contributed by atoms with van der Waals surface area (Å²) in [6.45, 7) is -0.129. The number of hydrogen-bond donors (Lipinski definition) is 2. The number of rotatable bonds is 1. The number of nitrogens with zero attached hydrogens (tertiary/aromatic N) is 4. The van der Waals surface area contributed by atoms with Crippen LogP contribution in [0.25, 0.3) is 11.2 Å². The predicted molar refractivity (Wildman–Crippen MR) is 71.3 cm³/mol. The summed E-state index contributed by atoms with van der Waals surface area (Å²) in [4.78, 5) is 34.1. The SMILES string of the molecule is O=C(O)N1CC[C@@H](n2c(=O)[nH]c3cnc(Cl)nc32)[C@@H](F)C1. The van der Waals surface area contributed by atoms with Crippen molar-refractivity contribution in [2.75, 3.05) is 13.1 Å². The maximum absolute atomic E-state index is 14.3. The minimum atomic E-state index is -1.50. The molecule has 10 heteroatoms.